The largest absolute Gasteiger partial charge is 0.493 e. The molecule has 2 aromatic carbocycles. The second kappa shape index (κ2) is 8.99. The molecule has 0 unspecified atom stereocenters. The van der Waals surface area contributed by atoms with Gasteiger partial charge in [-0.2, -0.15) is 0 Å². The summed E-state index contributed by atoms with van der Waals surface area (Å²) < 4.78 is 18.1. The van der Waals surface area contributed by atoms with Crippen molar-refractivity contribution in [3.63, 3.8) is 0 Å². The number of hydrogen-bond donors (Lipinski definition) is 2. The summed E-state index contributed by atoms with van der Waals surface area (Å²) >= 11 is 1.58. The third-order valence-corrected chi connectivity index (χ3v) is 6.40. The van der Waals surface area contributed by atoms with Gasteiger partial charge >= 0.3 is 5.97 Å². The van der Waals surface area contributed by atoms with E-state index in [1.807, 2.05) is 60.8 Å². The number of aliphatic carboxylic acids is 1. The number of carboxylic acids is 1. The van der Waals surface area contributed by atoms with Crippen LogP contribution in [0.15, 0.2) is 65.9 Å². The Kier molecular flexibility index (Phi) is 6.15. The predicted octanol–water partition coefficient (Wildman–Crippen LogP) is 4.65. The zero-order valence-corrected chi connectivity index (χ0v) is 18.3. The van der Waals surface area contributed by atoms with Crippen LogP contribution in [0.4, 0.5) is 0 Å². The van der Waals surface area contributed by atoms with E-state index in [4.69, 9.17) is 14.2 Å². The highest BCUT2D eigenvalue weighted by Crippen LogP contribution is 2.34. The van der Waals surface area contributed by atoms with Gasteiger partial charge in [-0.25, -0.2) is 4.79 Å². The van der Waals surface area contributed by atoms with Gasteiger partial charge in [0, 0.05) is 35.6 Å². The summed E-state index contributed by atoms with van der Waals surface area (Å²) in [7, 11) is 1.42. The second-order valence-corrected chi connectivity index (χ2v) is 8.45. The van der Waals surface area contributed by atoms with Crippen molar-refractivity contribution >= 4 is 27.4 Å². The highest BCUT2D eigenvalue weighted by Gasteiger charge is 2.32. The molecule has 0 bridgehead atoms. The van der Waals surface area contributed by atoms with E-state index < -0.39 is 17.8 Å². The van der Waals surface area contributed by atoms with Crippen molar-refractivity contribution in [3.05, 3.63) is 77.0 Å². The van der Waals surface area contributed by atoms with Crippen molar-refractivity contribution < 1.29 is 24.1 Å². The van der Waals surface area contributed by atoms with Gasteiger partial charge in [-0.3, -0.25) is 0 Å². The van der Waals surface area contributed by atoms with Crippen molar-refractivity contribution in [3.8, 4) is 5.75 Å². The number of hydrogen-bond acceptors (Lipinski definition) is 6. The van der Waals surface area contributed by atoms with Crippen LogP contribution in [0.1, 0.15) is 24.5 Å². The topological polar surface area (TPSA) is 77.0 Å². The van der Waals surface area contributed by atoms with Crippen LogP contribution in [0.2, 0.25) is 0 Å². The Hall–Kier alpha value is -3.03. The molecule has 0 saturated heterocycles. The zero-order chi connectivity index (χ0) is 21.8. The van der Waals surface area contributed by atoms with Crippen LogP contribution in [-0.2, 0) is 26.4 Å². The number of methoxy groups -OCH3 is 1. The summed E-state index contributed by atoms with van der Waals surface area (Å²) in [6, 6.07) is 15.9. The van der Waals surface area contributed by atoms with Crippen LogP contribution >= 0.6 is 11.3 Å². The van der Waals surface area contributed by atoms with Gasteiger partial charge in [0.25, 0.3) is 0 Å². The van der Waals surface area contributed by atoms with E-state index in [9.17, 15) is 9.90 Å². The van der Waals surface area contributed by atoms with Gasteiger partial charge in [-0.05, 0) is 30.0 Å². The number of benzene rings is 2. The molecule has 0 spiro atoms. The molecule has 2 heterocycles. The molecule has 2 atom stereocenters. The molecule has 0 amide bonds. The fourth-order valence-electron chi connectivity index (χ4n) is 3.69. The van der Waals surface area contributed by atoms with Gasteiger partial charge in [0.2, 0.25) is 5.72 Å². The zero-order valence-electron chi connectivity index (χ0n) is 17.5. The van der Waals surface area contributed by atoms with E-state index in [-0.39, 0.29) is 0 Å². The van der Waals surface area contributed by atoms with E-state index in [0.717, 1.165) is 32.7 Å². The highest BCUT2D eigenvalue weighted by molar-refractivity contribution is 7.17. The molecule has 6 nitrogen and oxygen atoms in total. The normalized spacial score (nSPS) is 18.8. The quantitative estimate of drug-likeness (QED) is 0.506. The maximum atomic E-state index is 11.3. The third-order valence-electron chi connectivity index (χ3n) is 5.41. The Labute approximate surface area is 185 Å². The maximum absolute atomic E-state index is 11.3. The van der Waals surface area contributed by atoms with Gasteiger partial charge in [-0.1, -0.05) is 36.4 Å². The van der Waals surface area contributed by atoms with E-state index in [1.54, 1.807) is 17.6 Å². The molecule has 1 aliphatic heterocycles. The Balaban J connectivity index is 1.39. The van der Waals surface area contributed by atoms with E-state index in [2.05, 4.69) is 5.32 Å². The fourth-order valence-corrected chi connectivity index (χ4v) is 4.63. The number of thiophene rings is 1. The lowest BCUT2D eigenvalue weighted by molar-refractivity contribution is -0.148. The van der Waals surface area contributed by atoms with Crippen LogP contribution in [0.5, 0.6) is 5.75 Å². The molecule has 3 aromatic rings. The minimum Gasteiger partial charge on any atom is -0.493 e. The highest BCUT2D eigenvalue weighted by atomic mass is 32.1. The average Bonchev–Trinajstić information content (AvgIpc) is 3.41. The fraction of sp³-hybridized carbons (Fsp3) is 0.292. The molecule has 1 aliphatic rings. The summed E-state index contributed by atoms with van der Waals surface area (Å²) in [4.78, 5) is 11.3. The Bertz CT molecular complexity index is 1090. The lowest BCUT2D eigenvalue weighted by Gasteiger charge is -2.26. The van der Waals surface area contributed by atoms with Crippen molar-refractivity contribution in [1.29, 1.82) is 0 Å². The first-order chi connectivity index (χ1) is 15.0. The van der Waals surface area contributed by atoms with E-state index in [1.165, 1.54) is 7.11 Å². The van der Waals surface area contributed by atoms with Gasteiger partial charge in [0.15, 0.2) is 6.10 Å². The third kappa shape index (κ3) is 4.52. The summed E-state index contributed by atoms with van der Waals surface area (Å²) in [6.07, 6.45) is 1.89. The molecular formula is C24H25NO5S. The van der Waals surface area contributed by atoms with E-state index >= 15 is 0 Å². The number of fused-ring (bicyclic) bond motifs is 1. The monoisotopic (exact) mass is 439 g/mol. The van der Waals surface area contributed by atoms with Crippen molar-refractivity contribution in [2.24, 2.45) is 0 Å². The predicted molar refractivity (Wildman–Crippen MR) is 120 cm³/mol. The van der Waals surface area contributed by atoms with Crippen LogP contribution in [0.3, 0.4) is 0 Å². The summed E-state index contributed by atoms with van der Waals surface area (Å²) in [5.74, 6) is -0.177. The molecule has 0 fully saturated rings. The average molecular weight is 440 g/mol. The first kappa shape index (κ1) is 21.2. The van der Waals surface area contributed by atoms with Crippen LogP contribution in [0, 0.1) is 0 Å². The second-order valence-electron chi connectivity index (χ2n) is 7.54. The molecule has 0 aliphatic carbocycles. The SMILES string of the molecule is CO[C@@H](Cc1ccc(OCCC2=CO[C@@](C)(c3ccccc3)N2)c2ccsc12)C(=O)O. The molecule has 0 saturated carbocycles. The van der Waals surface area contributed by atoms with Gasteiger partial charge in [0.05, 0.1) is 12.3 Å². The molecular weight excluding hydrogens is 414 g/mol. The smallest absolute Gasteiger partial charge is 0.333 e. The summed E-state index contributed by atoms with van der Waals surface area (Å²) in [6.45, 7) is 2.50. The Morgan fingerprint density at radius 3 is 2.77 bits per heavy atom. The lowest BCUT2D eigenvalue weighted by atomic mass is 10.1. The summed E-state index contributed by atoms with van der Waals surface area (Å²) in [5, 5.41) is 15.7. The summed E-state index contributed by atoms with van der Waals surface area (Å²) in [5.41, 5.74) is 2.42. The first-order valence-corrected chi connectivity index (χ1v) is 11.0. The molecule has 4 rings (SSSR count). The van der Waals surface area contributed by atoms with Crippen molar-refractivity contribution in [2.45, 2.75) is 31.6 Å². The van der Waals surface area contributed by atoms with Crippen molar-refractivity contribution in [2.75, 3.05) is 13.7 Å². The maximum Gasteiger partial charge on any atom is 0.333 e. The number of carbonyl (C=O) groups is 1. The molecule has 2 N–H and O–H groups in total. The molecule has 162 valence electrons. The first-order valence-electron chi connectivity index (χ1n) is 10.1. The number of ether oxygens (including phenoxy) is 3. The number of rotatable bonds is 9. The molecule has 1 aromatic heterocycles. The van der Waals surface area contributed by atoms with Crippen LogP contribution < -0.4 is 10.1 Å². The molecule has 31 heavy (non-hydrogen) atoms. The van der Waals surface area contributed by atoms with Crippen LogP contribution in [0.25, 0.3) is 10.1 Å². The van der Waals surface area contributed by atoms with Gasteiger partial charge in [-0.15, -0.1) is 11.3 Å². The van der Waals surface area contributed by atoms with Crippen LogP contribution in [-0.4, -0.2) is 30.9 Å². The molecule has 0 radical (unpaired) electrons. The number of nitrogens with one attached hydrogen (secondary N) is 1. The minimum atomic E-state index is -0.963. The van der Waals surface area contributed by atoms with E-state index in [0.29, 0.717) is 19.4 Å². The Morgan fingerprint density at radius 2 is 2.03 bits per heavy atom. The van der Waals surface area contributed by atoms with Gasteiger partial charge in [0.1, 0.15) is 12.0 Å². The number of carboxylic acid groups (broad SMARTS) is 1. The lowest BCUT2D eigenvalue weighted by Crippen LogP contribution is -2.35. The molecule has 7 heteroatoms. The minimum absolute atomic E-state index is 0.315. The Morgan fingerprint density at radius 1 is 1.23 bits per heavy atom. The standard InChI is InChI=1S/C24H25NO5S/c1-24(17-6-4-3-5-7-17)25-18(15-30-24)10-12-29-20-9-8-16(14-21(28-2)23(26)27)22-19(20)11-13-31-22/h3-9,11,13,15,21,25H,10,12,14H2,1-2H3,(H,26,27)/t21-,24-/m0/s1. The van der Waals surface area contributed by atoms with Gasteiger partial charge < -0.3 is 24.6 Å². The van der Waals surface area contributed by atoms with Crippen molar-refractivity contribution in [1.82, 2.24) is 5.32 Å².